The van der Waals surface area contributed by atoms with E-state index >= 15 is 0 Å². The maximum Gasteiger partial charge on any atom is 0.287 e. The van der Waals surface area contributed by atoms with Gasteiger partial charge in [-0.15, -0.1) is 0 Å². The molecule has 0 fully saturated rings. The van der Waals surface area contributed by atoms with Gasteiger partial charge in [-0.1, -0.05) is 18.2 Å². The van der Waals surface area contributed by atoms with Crippen LogP contribution < -0.4 is 15.8 Å². The van der Waals surface area contributed by atoms with Crippen LogP contribution in [0.15, 0.2) is 47.1 Å². The molecule has 1 amide bonds. The number of carbonyl (C=O) groups is 1. The zero-order chi connectivity index (χ0) is 16.0. The summed E-state index contributed by atoms with van der Waals surface area (Å²) in [5.74, 6) is -3.30. The molecule has 3 N–H and O–H groups in total. The average molecular weight is 310 g/mol. The van der Waals surface area contributed by atoms with E-state index < -0.39 is 24.9 Å². The van der Waals surface area contributed by atoms with E-state index in [1.807, 2.05) is 18.2 Å². The Hall–Kier alpha value is -2.41. The summed E-state index contributed by atoms with van der Waals surface area (Å²) in [7, 11) is 0. The molecule has 1 heterocycles. The highest BCUT2D eigenvalue weighted by Gasteiger charge is 2.28. The molecule has 0 aliphatic carbocycles. The van der Waals surface area contributed by atoms with Crippen LogP contribution in [0.25, 0.3) is 0 Å². The van der Waals surface area contributed by atoms with Crippen LogP contribution in [0, 0.1) is 0 Å². The maximum atomic E-state index is 13.0. The molecule has 1 aromatic heterocycles. The Morgan fingerprint density at radius 2 is 2.00 bits per heavy atom. The Morgan fingerprint density at radius 3 is 2.68 bits per heavy atom. The van der Waals surface area contributed by atoms with Crippen LogP contribution in [0.3, 0.4) is 0 Å². The highest BCUT2D eigenvalue weighted by molar-refractivity contribution is 5.92. The van der Waals surface area contributed by atoms with E-state index in [4.69, 9.17) is 14.9 Å². The second-order valence-electron chi connectivity index (χ2n) is 4.62. The van der Waals surface area contributed by atoms with Crippen molar-refractivity contribution in [1.82, 2.24) is 5.32 Å². The van der Waals surface area contributed by atoms with Crippen molar-refractivity contribution in [2.45, 2.75) is 12.5 Å². The molecule has 0 saturated heterocycles. The molecule has 0 spiro atoms. The number of para-hydroxylation sites is 1. The lowest BCUT2D eigenvalue weighted by atomic mass is 10.2. The first kappa shape index (κ1) is 16.0. The number of nitrogens with one attached hydrogen (secondary N) is 1. The molecule has 0 aliphatic rings. The fourth-order valence-corrected chi connectivity index (χ4v) is 1.69. The van der Waals surface area contributed by atoms with Crippen LogP contribution in [-0.4, -0.2) is 24.9 Å². The predicted molar refractivity (Wildman–Crippen MR) is 75.8 cm³/mol. The van der Waals surface area contributed by atoms with Crippen molar-refractivity contribution in [2.24, 2.45) is 5.73 Å². The van der Waals surface area contributed by atoms with Crippen LogP contribution >= 0.6 is 0 Å². The monoisotopic (exact) mass is 310 g/mol. The van der Waals surface area contributed by atoms with Gasteiger partial charge >= 0.3 is 0 Å². The Morgan fingerprint density at radius 1 is 1.27 bits per heavy atom. The topological polar surface area (TPSA) is 77.5 Å². The summed E-state index contributed by atoms with van der Waals surface area (Å²) < 4.78 is 36.6. The third-order valence-corrected chi connectivity index (χ3v) is 2.90. The first-order chi connectivity index (χ1) is 10.5. The van der Waals surface area contributed by atoms with E-state index in [1.165, 1.54) is 6.26 Å². The number of rotatable bonds is 7. The Balaban J connectivity index is 1.95. The lowest BCUT2D eigenvalue weighted by Crippen LogP contribution is -2.41. The number of halogens is 2. The fourth-order valence-electron chi connectivity index (χ4n) is 1.69. The predicted octanol–water partition coefficient (Wildman–Crippen LogP) is 2.18. The molecule has 0 atom stereocenters. The SMILES string of the molecule is NCC(F)(F)CNC(=O)c1occc1COc1ccccc1. The van der Waals surface area contributed by atoms with Crippen LogP contribution in [0.4, 0.5) is 8.78 Å². The molecule has 1 aromatic carbocycles. The first-order valence-corrected chi connectivity index (χ1v) is 6.62. The molecule has 0 unspecified atom stereocenters. The summed E-state index contributed by atoms with van der Waals surface area (Å²) in [5.41, 5.74) is 5.38. The van der Waals surface area contributed by atoms with Gasteiger partial charge in [-0.05, 0) is 18.2 Å². The third kappa shape index (κ3) is 4.29. The van der Waals surface area contributed by atoms with Crippen molar-refractivity contribution in [3.05, 3.63) is 54.0 Å². The lowest BCUT2D eigenvalue weighted by Gasteiger charge is -2.14. The molecule has 5 nitrogen and oxygen atoms in total. The zero-order valence-electron chi connectivity index (χ0n) is 11.7. The normalized spacial score (nSPS) is 11.2. The molecular formula is C15H16F2N2O3. The Bertz CT molecular complexity index is 614. The quantitative estimate of drug-likeness (QED) is 0.822. The summed E-state index contributed by atoms with van der Waals surface area (Å²) >= 11 is 0. The van der Waals surface area contributed by atoms with Crippen LogP contribution in [0.5, 0.6) is 5.75 Å². The van der Waals surface area contributed by atoms with Crippen molar-refractivity contribution in [3.8, 4) is 5.75 Å². The van der Waals surface area contributed by atoms with E-state index in [2.05, 4.69) is 5.32 Å². The highest BCUT2D eigenvalue weighted by Crippen LogP contribution is 2.16. The van der Waals surface area contributed by atoms with E-state index in [1.54, 1.807) is 18.2 Å². The number of furan rings is 1. The Kier molecular flexibility index (Phi) is 5.11. The smallest absolute Gasteiger partial charge is 0.287 e. The van der Waals surface area contributed by atoms with Crippen molar-refractivity contribution < 1.29 is 22.7 Å². The zero-order valence-corrected chi connectivity index (χ0v) is 11.7. The van der Waals surface area contributed by atoms with Gasteiger partial charge in [0, 0.05) is 5.56 Å². The number of alkyl halides is 2. The van der Waals surface area contributed by atoms with E-state index in [0.29, 0.717) is 11.3 Å². The standard InChI is InChI=1S/C15H16F2N2O3/c16-15(17,9-18)10-19-14(20)13-11(6-7-21-13)8-22-12-4-2-1-3-5-12/h1-7H,8-10,18H2,(H,19,20). The average Bonchev–Trinajstić information content (AvgIpc) is 3.00. The molecule has 0 radical (unpaired) electrons. The molecule has 2 rings (SSSR count). The maximum absolute atomic E-state index is 13.0. The second-order valence-corrected chi connectivity index (χ2v) is 4.62. The van der Waals surface area contributed by atoms with E-state index in [9.17, 15) is 13.6 Å². The minimum atomic E-state index is -3.15. The molecule has 2 aromatic rings. The number of benzene rings is 1. The number of ether oxygens (including phenoxy) is 1. The van der Waals surface area contributed by atoms with Gasteiger partial charge in [-0.25, -0.2) is 8.78 Å². The van der Waals surface area contributed by atoms with Crippen molar-refractivity contribution in [3.63, 3.8) is 0 Å². The minimum absolute atomic E-state index is 0.0521. The first-order valence-electron chi connectivity index (χ1n) is 6.62. The summed E-state index contributed by atoms with van der Waals surface area (Å²) in [6.45, 7) is -1.59. The third-order valence-electron chi connectivity index (χ3n) is 2.90. The van der Waals surface area contributed by atoms with Crippen LogP contribution in [0.1, 0.15) is 16.1 Å². The fraction of sp³-hybridized carbons (Fsp3) is 0.267. The molecule has 22 heavy (non-hydrogen) atoms. The summed E-state index contributed by atoms with van der Waals surface area (Å²) in [4.78, 5) is 11.9. The summed E-state index contributed by atoms with van der Waals surface area (Å²) in [5, 5.41) is 2.10. The largest absolute Gasteiger partial charge is 0.489 e. The van der Waals surface area contributed by atoms with Gasteiger partial charge in [0.25, 0.3) is 11.8 Å². The van der Waals surface area contributed by atoms with Crippen molar-refractivity contribution in [1.29, 1.82) is 0 Å². The molecule has 118 valence electrons. The Labute approximate surface area is 126 Å². The summed E-state index contributed by atoms with van der Waals surface area (Å²) in [6, 6.07) is 10.6. The van der Waals surface area contributed by atoms with E-state index in [-0.39, 0.29) is 12.4 Å². The summed E-state index contributed by atoms with van der Waals surface area (Å²) in [6.07, 6.45) is 1.31. The molecule has 0 saturated carbocycles. The van der Waals surface area contributed by atoms with Crippen molar-refractivity contribution >= 4 is 5.91 Å². The van der Waals surface area contributed by atoms with Gasteiger partial charge in [-0.3, -0.25) is 4.79 Å². The number of amides is 1. The van der Waals surface area contributed by atoms with Gasteiger partial charge in [-0.2, -0.15) is 0 Å². The molecule has 0 aliphatic heterocycles. The van der Waals surface area contributed by atoms with Gasteiger partial charge in [0.1, 0.15) is 12.4 Å². The molecular weight excluding hydrogens is 294 g/mol. The number of hydrogen-bond acceptors (Lipinski definition) is 4. The number of nitrogens with two attached hydrogens (primary N) is 1. The minimum Gasteiger partial charge on any atom is -0.489 e. The van der Waals surface area contributed by atoms with E-state index in [0.717, 1.165) is 0 Å². The molecule has 0 bridgehead atoms. The molecule has 7 heteroatoms. The van der Waals surface area contributed by atoms with Gasteiger partial charge in [0.05, 0.1) is 19.4 Å². The van der Waals surface area contributed by atoms with Gasteiger partial charge in [0.2, 0.25) is 0 Å². The number of hydrogen-bond donors (Lipinski definition) is 2. The van der Waals surface area contributed by atoms with Crippen molar-refractivity contribution in [2.75, 3.05) is 13.1 Å². The van der Waals surface area contributed by atoms with Gasteiger partial charge < -0.3 is 20.2 Å². The van der Waals surface area contributed by atoms with Gasteiger partial charge in [0.15, 0.2) is 5.76 Å². The van der Waals surface area contributed by atoms with Crippen LogP contribution in [0.2, 0.25) is 0 Å². The second kappa shape index (κ2) is 7.04. The number of carbonyl (C=O) groups excluding carboxylic acids is 1. The van der Waals surface area contributed by atoms with Crippen LogP contribution in [-0.2, 0) is 6.61 Å². The highest BCUT2D eigenvalue weighted by atomic mass is 19.3. The lowest BCUT2D eigenvalue weighted by molar-refractivity contribution is 0.0115.